The maximum absolute atomic E-state index is 12.9. The van der Waals surface area contributed by atoms with Crippen molar-refractivity contribution in [1.29, 1.82) is 0 Å². The molecule has 0 aromatic heterocycles. The minimum absolute atomic E-state index is 0.0766. The van der Waals surface area contributed by atoms with Crippen LogP contribution in [0.5, 0.6) is 0 Å². The zero-order valence-electron chi connectivity index (χ0n) is 8.84. The van der Waals surface area contributed by atoms with E-state index < -0.39 is 11.6 Å². The second kappa shape index (κ2) is 5.94. The minimum atomic E-state index is -0.889. The van der Waals surface area contributed by atoms with Crippen LogP contribution in [0.2, 0.25) is 0 Å². The molecule has 0 fully saturated rings. The number of carbonyl (C=O) groups is 1. The topological polar surface area (TPSA) is 20.3 Å². The normalized spacial score (nSPS) is 10.2. The molecule has 1 aromatic carbocycles. The predicted molar refractivity (Wildman–Crippen MR) is 61.2 cm³/mol. The lowest BCUT2D eigenvalue weighted by molar-refractivity contribution is -0.128. The van der Waals surface area contributed by atoms with Crippen LogP contribution in [0.25, 0.3) is 0 Å². The molecule has 0 aliphatic rings. The number of rotatable bonds is 4. The lowest BCUT2D eigenvalue weighted by Gasteiger charge is -2.19. The highest BCUT2D eigenvalue weighted by molar-refractivity contribution is 9.09. The van der Waals surface area contributed by atoms with Crippen molar-refractivity contribution in [2.45, 2.75) is 13.5 Å². The average Bonchev–Trinajstić information content (AvgIpc) is 2.29. The quantitative estimate of drug-likeness (QED) is 0.781. The third-order valence-corrected chi connectivity index (χ3v) is 2.69. The number of alkyl halides is 1. The Morgan fingerprint density at radius 1 is 1.38 bits per heavy atom. The van der Waals surface area contributed by atoms with Gasteiger partial charge in [0.1, 0.15) is 0 Å². The molecule has 0 heterocycles. The summed E-state index contributed by atoms with van der Waals surface area (Å²) in [4.78, 5) is 13.0. The summed E-state index contributed by atoms with van der Waals surface area (Å²) in [5.74, 6) is -1.84. The van der Waals surface area contributed by atoms with Gasteiger partial charge in [0.05, 0.1) is 5.33 Å². The molecular formula is C11H12BrF2NO. The maximum atomic E-state index is 12.9. The van der Waals surface area contributed by atoms with Crippen molar-refractivity contribution in [3.63, 3.8) is 0 Å². The van der Waals surface area contributed by atoms with Crippen LogP contribution in [0.3, 0.4) is 0 Å². The van der Waals surface area contributed by atoms with Crippen LogP contribution in [0, 0.1) is 11.6 Å². The van der Waals surface area contributed by atoms with E-state index in [9.17, 15) is 13.6 Å². The standard InChI is InChI=1S/C11H12BrF2NO/c1-2-15(11(16)6-12)7-8-3-4-9(13)10(14)5-8/h3-5H,2,6-7H2,1H3. The average molecular weight is 292 g/mol. The Morgan fingerprint density at radius 2 is 2.06 bits per heavy atom. The largest absolute Gasteiger partial charge is 0.338 e. The summed E-state index contributed by atoms with van der Waals surface area (Å²) < 4.78 is 25.6. The molecule has 0 N–H and O–H groups in total. The summed E-state index contributed by atoms with van der Waals surface area (Å²) in [7, 11) is 0. The van der Waals surface area contributed by atoms with Gasteiger partial charge in [0.25, 0.3) is 0 Å². The van der Waals surface area contributed by atoms with Crippen LogP contribution in [0.4, 0.5) is 8.78 Å². The highest BCUT2D eigenvalue weighted by atomic mass is 79.9. The molecule has 0 unspecified atom stereocenters. The SMILES string of the molecule is CCN(Cc1ccc(F)c(F)c1)C(=O)CBr. The van der Waals surface area contributed by atoms with Crippen molar-refractivity contribution in [2.75, 3.05) is 11.9 Å². The molecule has 0 atom stereocenters. The Kier molecular flexibility index (Phi) is 4.86. The Morgan fingerprint density at radius 3 is 2.56 bits per heavy atom. The molecule has 1 aromatic rings. The van der Waals surface area contributed by atoms with E-state index in [1.54, 1.807) is 4.90 Å². The minimum Gasteiger partial charge on any atom is -0.338 e. The predicted octanol–water partition coefficient (Wildman–Crippen LogP) is 2.71. The molecule has 2 nitrogen and oxygen atoms in total. The molecule has 1 rings (SSSR count). The summed E-state index contributed by atoms with van der Waals surface area (Å²) in [6.45, 7) is 2.65. The Hall–Kier alpha value is -0.970. The Balaban J connectivity index is 2.78. The van der Waals surface area contributed by atoms with Gasteiger partial charge in [0.2, 0.25) is 5.91 Å². The van der Waals surface area contributed by atoms with Gasteiger partial charge in [0, 0.05) is 13.1 Å². The number of amides is 1. The third kappa shape index (κ3) is 3.27. The highest BCUT2D eigenvalue weighted by Crippen LogP contribution is 2.11. The molecule has 88 valence electrons. The Labute approximate surface area is 101 Å². The molecular weight excluding hydrogens is 280 g/mol. The summed E-state index contributed by atoms with van der Waals surface area (Å²) >= 11 is 3.07. The zero-order chi connectivity index (χ0) is 12.1. The van der Waals surface area contributed by atoms with E-state index in [-0.39, 0.29) is 17.8 Å². The van der Waals surface area contributed by atoms with Gasteiger partial charge in [-0.2, -0.15) is 0 Å². The number of carbonyl (C=O) groups excluding carboxylic acids is 1. The van der Waals surface area contributed by atoms with E-state index in [2.05, 4.69) is 15.9 Å². The second-order valence-corrected chi connectivity index (χ2v) is 3.85. The summed E-state index contributed by atoms with van der Waals surface area (Å²) in [6.07, 6.45) is 0. The van der Waals surface area contributed by atoms with Crippen LogP contribution in [-0.2, 0) is 11.3 Å². The van der Waals surface area contributed by atoms with Gasteiger partial charge in [-0.15, -0.1) is 0 Å². The summed E-state index contributed by atoms with van der Waals surface area (Å²) in [5, 5.41) is 0.227. The van der Waals surface area contributed by atoms with Crippen molar-refractivity contribution in [3.05, 3.63) is 35.4 Å². The van der Waals surface area contributed by atoms with Crippen LogP contribution in [0.1, 0.15) is 12.5 Å². The monoisotopic (exact) mass is 291 g/mol. The van der Waals surface area contributed by atoms with Gasteiger partial charge < -0.3 is 4.90 Å². The van der Waals surface area contributed by atoms with E-state index in [0.29, 0.717) is 12.1 Å². The van der Waals surface area contributed by atoms with Crippen molar-refractivity contribution in [3.8, 4) is 0 Å². The van der Waals surface area contributed by atoms with Gasteiger partial charge in [-0.1, -0.05) is 22.0 Å². The first-order chi connectivity index (χ1) is 7.58. The Bertz CT molecular complexity index is 384. The molecule has 0 aliphatic heterocycles. The number of halogens is 3. The molecule has 0 aliphatic carbocycles. The third-order valence-electron chi connectivity index (χ3n) is 2.21. The van der Waals surface area contributed by atoms with Crippen LogP contribution >= 0.6 is 15.9 Å². The van der Waals surface area contributed by atoms with Gasteiger partial charge in [-0.3, -0.25) is 4.79 Å². The van der Waals surface area contributed by atoms with Crippen LogP contribution in [0.15, 0.2) is 18.2 Å². The molecule has 0 bridgehead atoms. The molecule has 0 saturated heterocycles. The molecule has 0 radical (unpaired) electrons. The van der Waals surface area contributed by atoms with Crippen molar-refractivity contribution < 1.29 is 13.6 Å². The number of nitrogens with zero attached hydrogens (tertiary/aromatic N) is 1. The summed E-state index contributed by atoms with van der Waals surface area (Å²) in [6, 6.07) is 3.65. The molecule has 0 spiro atoms. The lowest BCUT2D eigenvalue weighted by Crippen LogP contribution is -2.31. The zero-order valence-corrected chi connectivity index (χ0v) is 10.4. The fourth-order valence-electron chi connectivity index (χ4n) is 1.32. The fraction of sp³-hybridized carbons (Fsp3) is 0.364. The van der Waals surface area contributed by atoms with Gasteiger partial charge >= 0.3 is 0 Å². The van der Waals surface area contributed by atoms with Crippen molar-refractivity contribution >= 4 is 21.8 Å². The van der Waals surface area contributed by atoms with E-state index in [0.717, 1.165) is 12.1 Å². The first kappa shape index (κ1) is 13.1. The van der Waals surface area contributed by atoms with Crippen molar-refractivity contribution in [2.24, 2.45) is 0 Å². The van der Waals surface area contributed by atoms with Gasteiger partial charge in [-0.25, -0.2) is 8.78 Å². The van der Waals surface area contributed by atoms with E-state index >= 15 is 0 Å². The summed E-state index contributed by atoms with van der Waals surface area (Å²) in [5.41, 5.74) is 0.579. The van der Waals surface area contributed by atoms with E-state index in [4.69, 9.17) is 0 Å². The number of benzene rings is 1. The molecule has 16 heavy (non-hydrogen) atoms. The van der Waals surface area contributed by atoms with Crippen molar-refractivity contribution in [1.82, 2.24) is 4.90 Å². The maximum Gasteiger partial charge on any atom is 0.233 e. The fourth-order valence-corrected chi connectivity index (χ4v) is 1.67. The van der Waals surface area contributed by atoms with E-state index in [1.165, 1.54) is 6.07 Å². The number of hydrogen-bond donors (Lipinski definition) is 0. The first-order valence-electron chi connectivity index (χ1n) is 4.86. The number of hydrogen-bond acceptors (Lipinski definition) is 1. The van der Waals surface area contributed by atoms with E-state index in [1.807, 2.05) is 6.92 Å². The van der Waals surface area contributed by atoms with Gasteiger partial charge in [0.15, 0.2) is 11.6 Å². The van der Waals surface area contributed by atoms with Gasteiger partial charge in [-0.05, 0) is 24.6 Å². The van der Waals surface area contributed by atoms with Crippen LogP contribution < -0.4 is 0 Å². The van der Waals surface area contributed by atoms with Crippen LogP contribution in [-0.4, -0.2) is 22.7 Å². The molecule has 5 heteroatoms. The lowest BCUT2D eigenvalue weighted by atomic mass is 10.2. The smallest absolute Gasteiger partial charge is 0.233 e. The molecule has 0 saturated carbocycles. The highest BCUT2D eigenvalue weighted by Gasteiger charge is 2.11. The first-order valence-corrected chi connectivity index (χ1v) is 5.98. The molecule has 1 amide bonds. The second-order valence-electron chi connectivity index (χ2n) is 3.29.